The van der Waals surface area contributed by atoms with Gasteiger partial charge >= 0.3 is 0 Å². The van der Waals surface area contributed by atoms with Crippen molar-refractivity contribution in [3.63, 3.8) is 0 Å². The molecule has 0 aliphatic heterocycles. The molecule has 4 nitrogen and oxygen atoms in total. The van der Waals surface area contributed by atoms with Gasteiger partial charge in [-0.25, -0.2) is 13.1 Å². The average molecular weight is 344 g/mol. The lowest BCUT2D eigenvalue weighted by atomic mass is 10.0. The van der Waals surface area contributed by atoms with Crippen molar-refractivity contribution < 1.29 is 13.2 Å². The molecule has 110 valence electrons. The quantitative estimate of drug-likeness (QED) is 0.929. The minimum absolute atomic E-state index is 0.254. The van der Waals surface area contributed by atoms with Crippen molar-refractivity contribution in [2.24, 2.45) is 0 Å². The molecule has 2 aromatic carbocycles. The van der Waals surface area contributed by atoms with Crippen molar-refractivity contribution in [3.8, 4) is 11.1 Å². The van der Waals surface area contributed by atoms with Crippen LogP contribution in [-0.2, 0) is 10.0 Å². The zero-order valence-corrected chi connectivity index (χ0v) is 13.3. The van der Waals surface area contributed by atoms with Crippen LogP contribution in [0.4, 0.5) is 0 Å². The van der Waals surface area contributed by atoms with Gasteiger partial charge in [0.15, 0.2) is 0 Å². The molecule has 0 heterocycles. The summed E-state index contributed by atoms with van der Waals surface area (Å²) in [6.07, 6.45) is 0.926. The minimum Gasteiger partial charge on any atom is -0.268 e. The van der Waals surface area contributed by atoms with Gasteiger partial charge in [0.25, 0.3) is 5.91 Å². The van der Waals surface area contributed by atoms with Gasteiger partial charge in [-0.1, -0.05) is 41.4 Å². The number of amides is 1. The van der Waals surface area contributed by atoms with Crippen LogP contribution in [-0.4, -0.2) is 20.6 Å². The Labute approximate surface area is 132 Å². The summed E-state index contributed by atoms with van der Waals surface area (Å²) in [4.78, 5) is 11.7. The van der Waals surface area contributed by atoms with E-state index in [2.05, 4.69) is 0 Å². The van der Waals surface area contributed by atoms with Gasteiger partial charge in [0.1, 0.15) is 0 Å². The van der Waals surface area contributed by atoms with Crippen molar-refractivity contribution in [1.29, 1.82) is 0 Å². The Morgan fingerprint density at radius 3 is 2.05 bits per heavy atom. The maximum atomic E-state index is 11.7. The first-order valence-corrected chi connectivity index (χ1v) is 8.48. The summed E-state index contributed by atoms with van der Waals surface area (Å²) in [5.74, 6) is -0.668. The molecule has 0 saturated carbocycles. The summed E-state index contributed by atoms with van der Waals surface area (Å²) >= 11 is 11.8. The smallest absolute Gasteiger partial charge is 0.264 e. The molecule has 0 saturated heterocycles. The molecule has 1 amide bonds. The third kappa shape index (κ3) is 4.20. The highest BCUT2D eigenvalue weighted by molar-refractivity contribution is 7.89. The Bertz CT molecular complexity index is 786. The summed E-state index contributed by atoms with van der Waals surface area (Å²) < 4.78 is 23.9. The molecule has 0 atom stereocenters. The molecule has 0 aliphatic carbocycles. The van der Waals surface area contributed by atoms with Crippen molar-refractivity contribution >= 4 is 39.1 Å². The van der Waals surface area contributed by atoms with Crippen LogP contribution in [0, 0.1) is 0 Å². The van der Waals surface area contributed by atoms with Crippen LogP contribution in [0.1, 0.15) is 10.4 Å². The van der Waals surface area contributed by atoms with Crippen LogP contribution < -0.4 is 4.72 Å². The van der Waals surface area contributed by atoms with E-state index >= 15 is 0 Å². The first-order valence-electron chi connectivity index (χ1n) is 5.84. The molecule has 2 rings (SSSR count). The van der Waals surface area contributed by atoms with Gasteiger partial charge in [-0.15, -0.1) is 0 Å². The molecule has 0 aromatic heterocycles. The Kier molecular flexibility index (Phi) is 4.56. The maximum Gasteiger partial charge on any atom is 0.264 e. The van der Waals surface area contributed by atoms with Gasteiger partial charge in [-0.2, -0.15) is 0 Å². The van der Waals surface area contributed by atoms with E-state index in [-0.39, 0.29) is 5.56 Å². The molecule has 0 aliphatic rings. The van der Waals surface area contributed by atoms with Crippen LogP contribution in [0.25, 0.3) is 11.1 Å². The second-order valence-electron chi connectivity index (χ2n) is 4.41. The number of sulfonamides is 1. The zero-order valence-electron chi connectivity index (χ0n) is 10.9. The minimum atomic E-state index is -3.58. The highest BCUT2D eigenvalue weighted by atomic mass is 35.5. The Balaban J connectivity index is 2.26. The average Bonchev–Trinajstić information content (AvgIpc) is 2.40. The topological polar surface area (TPSA) is 63.2 Å². The molecule has 0 fully saturated rings. The number of hydrogen-bond acceptors (Lipinski definition) is 3. The van der Waals surface area contributed by atoms with E-state index in [0.717, 1.165) is 17.4 Å². The molecule has 0 radical (unpaired) electrons. The largest absolute Gasteiger partial charge is 0.268 e. The van der Waals surface area contributed by atoms with E-state index in [9.17, 15) is 13.2 Å². The van der Waals surface area contributed by atoms with E-state index < -0.39 is 15.9 Å². The van der Waals surface area contributed by atoms with E-state index in [4.69, 9.17) is 23.2 Å². The second-order valence-corrected chi connectivity index (χ2v) is 6.97. The Morgan fingerprint density at radius 1 is 0.952 bits per heavy atom. The highest BCUT2D eigenvalue weighted by Crippen LogP contribution is 2.28. The van der Waals surface area contributed by atoms with Crippen molar-refractivity contribution in [1.82, 2.24) is 4.72 Å². The fourth-order valence-electron chi connectivity index (χ4n) is 1.72. The van der Waals surface area contributed by atoms with Gasteiger partial charge in [0, 0.05) is 5.56 Å². The number of hydrogen-bond donors (Lipinski definition) is 1. The lowest BCUT2D eigenvalue weighted by molar-refractivity contribution is 0.0981. The predicted octanol–water partition coefficient (Wildman–Crippen LogP) is 3.35. The molecular weight excluding hydrogens is 333 g/mol. The maximum absolute atomic E-state index is 11.7. The normalized spacial score (nSPS) is 11.2. The number of nitrogens with one attached hydrogen (secondary N) is 1. The van der Waals surface area contributed by atoms with E-state index in [1.54, 1.807) is 42.5 Å². The lowest BCUT2D eigenvalue weighted by Gasteiger charge is -2.06. The summed E-state index contributed by atoms with van der Waals surface area (Å²) in [6, 6.07) is 11.7. The number of rotatable bonds is 3. The van der Waals surface area contributed by atoms with Crippen LogP contribution in [0.5, 0.6) is 0 Å². The Hall–Kier alpha value is -1.56. The third-order valence-electron chi connectivity index (χ3n) is 2.68. The SMILES string of the molecule is CS(=O)(=O)NC(=O)c1ccc(-c2ccc(Cl)c(Cl)c2)cc1. The van der Waals surface area contributed by atoms with Gasteiger partial charge < -0.3 is 0 Å². The predicted molar refractivity (Wildman–Crippen MR) is 84.2 cm³/mol. The standard InChI is InChI=1S/C14H11Cl2NO3S/c1-21(19,20)17-14(18)10-4-2-9(3-5-10)11-6-7-12(15)13(16)8-11/h2-8H,1H3,(H,17,18). The fourth-order valence-corrected chi connectivity index (χ4v) is 2.47. The number of benzene rings is 2. The second kappa shape index (κ2) is 6.05. The van der Waals surface area contributed by atoms with Crippen LogP contribution >= 0.6 is 23.2 Å². The van der Waals surface area contributed by atoms with Gasteiger partial charge in [0.05, 0.1) is 16.3 Å². The van der Waals surface area contributed by atoms with E-state index in [1.165, 1.54) is 0 Å². The summed E-state index contributed by atoms with van der Waals surface area (Å²) in [5, 5.41) is 0.901. The van der Waals surface area contributed by atoms with Crippen molar-refractivity contribution in [2.75, 3.05) is 6.26 Å². The van der Waals surface area contributed by atoms with Gasteiger partial charge in [-0.3, -0.25) is 4.79 Å². The highest BCUT2D eigenvalue weighted by Gasteiger charge is 2.11. The van der Waals surface area contributed by atoms with Crippen molar-refractivity contribution in [3.05, 3.63) is 58.1 Å². The number of carbonyl (C=O) groups is 1. The zero-order chi connectivity index (χ0) is 15.6. The van der Waals surface area contributed by atoms with Crippen LogP contribution in [0.2, 0.25) is 10.0 Å². The molecule has 1 N–H and O–H groups in total. The first kappa shape index (κ1) is 15.8. The molecule has 7 heteroatoms. The van der Waals surface area contributed by atoms with Crippen LogP contribution in [0.3, 0.4) is 0 Å². The van der Waals surface area contributed by atoms with E-state index in [1.807, 2.05) is 4.72 Å². The van der Waals surface area contributed by atoms with Gasteiger partial charge in [0.2, 0.25) is 10.0 Å². The van der Waals surface area contributed by atoms with Crippen molar-refractivity contribution in [2.45, 2.75) is 0 Å². The molecule has 2 aromatic rings. The summed E-state index contributed by atoms with van der Waals surface area (Å²) in [5.41, 5.74) is 1.94. The molecular formula is C14H11Cl2NO3S. The number of carbonyl (C=O) groups excluding carboxylic acids is 1. The van der Waals surface area contributed by atoms with E-state index in [0.29, 0.717) is 10.0 Å². The number of halogens is 2. The molecule has 0 spiro atoms. The summed E-state index contributed by atoms with van der Waals surface area (Å²) in [7, 11) is -3.58. The third-order valence-corrected chi connectivity index (χ3v) is 3.97. The molecule has 0 bridgehead atoms. The molecule has 0 unspecified atom stereocenters. The van der Waals surface area contributed by atoms with Crippen LogP contribution in [0.15, 0.2) is 42.5 Å². The fraction of sp³-hybridized carbons (Fsp3) is 0.0714. The lowest BCUT2D eigenvalue weighted by Crippen LogP contribution is -2.29. The monoisotopic (exact) mass is 343 g/mol. The first-order chi connectivity index (χ1) is 9.76. The van der Waals surface area contributed by atoms with Gasteiger partial charge in [-0.05, 0) is 35.4 Å². The Morgan fingerprint density at radius 2 is 1.52 bits per heavy atom. The summed E-state index contributed by atoms with van der Waals surface area (Å²) in [6.45, 7) is 0. The molecule has 21 heavy (non-hydrogen) atoms.